The first-order valence-electron chi connectivity index (χ1n) is 9.23. The first-order chi connectivity index (χ1) is 10.6. The molecule has 1 heteroatoms. The normalized spacial score (nSPS) is 29.3. The molecule has 0 radical (unpaired) electrons. The van der Waals surface area contributed by atoms with E-state index < -0.39 is 0 Å². The van der Waals surface area contributed by atoms with Crippen molar-refractivity contribution in [3.63, 3.8) is 0 Å². The highest BCUT2D eigenvalue weighted by molar-refractivity contribution is 5.86. The first-order valence-corrected chi connectivity index (χ1v) is 9.23. The molecular weight excluding hydrogens is 280 g/mol. The number of Topliss-reactive ketones (excluding diaryl/α,β-unsaturated/α-hetero) is 1. The molecule has 0 aromatic heterocycles. The van der Waals surface area contributed by atoms with E-state index in [-0.39, 0.29) is 11.3 Å². The molecule has 0 N–H and O–H groups in total. The molecule has 0 bridgehead atoms. The molecular formula is C22H34O. The van der Waals surface area contributed by atoms with Crippen molar-refractivity contribution in [2.24, 2.45) is 17.3 Å². The summed E-state index contributed by atoms with van der Waals surface area (Å²) in [5.74, 6) is 1.98. The third-order valence-corrected chi connectivity index (χ3v) is 6.24. The molecule has 0 aliphatic heterocycles. The van der Waals surface area contributed by atoms with Crippen molar-refractivity contribution < 1.29 is 4.79 Å². The fourth-order valence-electron chi connectivity index (χ4n) is 4.71. The topological polar surface area (TPSA) is 17.1 Å². The lowest BCUT2D eigenvalue weighted by molar-refractivity contribution is -0.123. The van der Waals surface area contributed by atoms with Gasteiger partial charge in [0.15, 0.2) is 0 Å². The predicted octanol–water partition coefficient (Wildman–Crippen LogP) is 6.14. The number of carbonyl (C=O) groups excluding carboxylic acids is 1. The summed E-state index contributed by atoms with van der Waals surface area (Å²) < 4.78 is 0. The maximum absolute atomic E-state index is 13.0. The number of carbonyl (C=O) groups is 1. The molecule has 0 amide bonds. The van der Waals surface area contributed by atoms with E-state index in [2.05, 4.69) is 60.6 Å². The predicted molar refractivity (Wildman–Crippen MR) is 99.0 cm³/mol. The van der Waals surface area contributed by atoms with Crippen molar-refractivity contribution in [1.82, 2.24) is 0 Å². The van der Waals surface area contributed by atoms with E-state index in [1.165, 1.54) is 41.5 Å². The van der Waals surface area contributed by atoms with Crippen LogP contribution in [0.25, 0.3) is 0 Å². The van der Waals surface area contributed by atoms with E-state index in [9.17, 15) is 4.79 Å². The van der Waals surface area contributed by atoms with Crippen LogP contribution in [0.2, 0.25) is 0 Å². The number of hydrogen-bond acceptors (Lipinski definition) is 1. The third kappa shape index (κ3) is 4.05. The summed E-state index contributed by atoms with van der Waals surface area (Å²) in [6.45, 7) is 15.6. The van der Waals surface area contributed by atoms with E-state index in [0.717, 1.165) is 18.3 Å². The Morgan fingerprint density at radius 1 is 1.17 bits per heavy atom. The highest BCUT2D eigenvalue weighted by atomic mass is 16.1. The van der Waals surface area contributed by atoms with Gasteiger partial charge >= 0.3 is 0 Å². The quantitative estimate of drug-likeness (QED) is 0.652. The summed E-state index contributed by atoms with van der Waals surface area (Å²) >= 11 is 0. The minimum Gasteiger partial charge on any atom is -0.299 e. The molecule has 0 heterocycles. The number of aryl methyl sites for hydroxylation is 3. The molecule has 23 heavy (non-hydrogen) atoms. The van der Waals surface area contributed by atoms with Crippen LogP contribution in [0, 0.1) is 38.0 Å². The van der Waals surface area contributed by atoms with Gasteiger partial charge in [0, 0.05) is 12.3 Å². The van der Waals surface area contributed by atoms with Crippen LogP contribution in [0.4, 0.5) is 0 Å². The van der Waals surface area contributed by atoms with Crippen LogP contribution in [-0.4, -0.2) is 5.78 Å². The standard InChI is InChI=1S/C22H34O/c1-14-10-16(3)21(17(4)11-14)19(6)20(23)13-22(7)9-8-15(2)18(5)12-22/h10-11,15,18-19H,8-9,12-13H2,1-7H3. The van der Waals surface area contributed by atoms with E-state index in [1.807, 2.05) is 0 Å². The van der Waals surface area contributed by atoms with Gasteiger partial charge in [-0.1, -0.05) is 45.4 Å². The van der Waals surface area contributed by atoms with Crippen LogP contribution in [0.5, 0.6) is 0 Å². The van der Waals surface area contributed by atoms with Crippen molar-refractivity contribution in [2.45, 2.75) is 80.1 Å². The number of benzene rings is 1. The van der Waals surface area contributed by atoms with Gasteiger partial charge in [0.25, 0.3) is 0 Å². The molecule has 1 aromatic rings. The van der Waals surface area contributed by atoms with E-state index in [1.54, 1.807) is 0 Å². The lowest BCUT2D eigenvalue weighted by atomic mass is 9.64. The molecule has 1 aliphatic carbocycles. The van der Waals surface area contributed by atoms with Gasteiger partial charge in [-0.15, -0.1) is 0 Å². The minimum absolute atomic E-state index is 0.0158. The Bertz CT molecular complexity index is 563. The minimum atomic E-state index is 0.0158. The molecule has 0 spiro atoms. The second-order valence-electron chi connectivity index (χ2n) is 8.69. The molecule has 128 valence electrons. The number of ketones is 1. The van der Waals surface area contributed by atoms with E-state index in [0.29, 0.717) is 5.78 Å². The Morgan fingerprint density at radius 2 is 1.74 bits per heavy atom. The van der Waals surface area contributed by atoms with Crippen molar-refractivity contribution in [2.75, 3.05) is 0 Å². The summed E-state index contributed by atoms with van der Waals surface area (Å²) in [6.07, 6.45) is 4.39. The zero-order valence-electron chi connectivity index (χ0n) is 16.1. The van der Waals surface area contributed by atoms with Crippen LogP contribution in [0.3, 0.4) is 0 Å². The van der Waals surface area contributed by atoms with Gasteiger partial charge in [-0.2, -0.15) is 0 Å². The zero-order valence-corrected chi connectivity index (χ0v) is 16.1. The monoisotopic (exact) mass is 314 g/mol. The van der Waals surface area contributed by atoms with Gasteiger partial charge in [-0.05, 0) is 74.0 Å². The highest BCUT2D eigenvalue weighted by Crippen LogP contribution is 2.45. The van der Waals surface area contributed by atoms with Gasteiger partial charge < -0.3 is 0 Å². The molecule has 4 unspecified atom stereocenters. The van der Waals surface area contributed by atoms with Gasteiger partial charge in [0.2, 0.25) is 0 Å². The van der Waals surface area contributed by atoms with Crippen molar-refractivity contribution in [1.29, 1.82) is 0 Å². The maximum Gasteiger partial charge on any atom is 0.140 e. The molecule has 1 aromatic carbocycles. The van der Waals surface area contributed by atoms with Crippen LogP contribution in [0.1, 0.15) is 81.5 Å². The number of rotatable bonds is 4. The zero-order chi connectivity index (χ0) is 17.4. The Hall–Kier alpha value is -1.11. The first kappa shape index (κ1) is 18.2. The smallest absolute Gasteiger partial charge is 0.140 e. The molecule has 0 saturated heterocycles. The lowest BCUT2D eigenvalue weighted by Gasteiger charge is -2.40. The molecule has 2 rings (SSSR count). The van der Waals surface area contributed by atoms with E-state index in [4.69, 9.17) is 0 Å². The fourth-order valence-corrected chi connectivity index (χ4v) is 4.71. The van der Waals surface area contributed by atoms with Crippen molar-refractivity contribution >= 4 is 5.78 Å². The van der Waals surface area contributed by atoms with Crippen LogP contribution in [-0.2, 0) is 4.79 Å². The Labute approximate surface area is 142 Å². The van der Waals surface area contributed by atoms with Gasteiger partial charge in [-0.3, -0.25) is 4.79 Å². The van der Waals surface area contributed by atoms with Gasteiger partial charge in [0.05, 0.1) is 0 Å². The lowest BCUT2D eigenvalue weighted by Crippen LogP contribution is -2.32. The Kier molecular flexibility index (Phi) is 5.38. The summed E-state index contributed by atoms with van der Waals surface area (Å²) in [4.78, 5) is 13.0. The second kappa shape index (κ2) is 6.79. The van der Waals surface area contributed by atoms with E-state index >= 15 is 0 Å². The molecule has 1 nitrogen and oxygen atoms in total. The van der Waals surface area contributed by atoms with Gasteiger partial charge in [0.1, 0.15) is 5.78 Å². The Morgan fingerprint density at radius 3 is 2.26 bits per heavy atom. The second-order valence-corrected chi connectivity index (χ2v) is 8.69. The number of hydrogen-bond donors (Lipinski definition) is 0. The SMILES string of the molecule is Cc1cc(C)c(C(C)C(=O)CC2(C)CCC(C)C(C)C2)c(C)c1. The molecule has 1 saturated carbocycles. The summed E-state index contributed by atoms with van der Waals surface area (Å²) in [6, 6.07) is 4.41. The summed E-state index contributed by atoms with van der Waals surface area (Å²) in [7, 11) is 0. The summed E-state index contributed by atoms with van der Waals surface area (Å²) in [5, 5.41) is 0. The van der Waals surface area contributed by atoms with Gasteiger partial charge in [-0.25, -0.2) is 0 Å². The van der Waals surface area contributed by atoms with Crippen molar-refractivity contribution in [3.8, 4) is 0 Å². The van der Waals surface area contributed by atoms with Crippen LogP contribution < -0.4 is 0 Å². The highest BCUT2D eigenvalue weighted by Gasteiger charge is 2.36. The average molecular weight is 315 g/mol. The fraction of sp³-hybridized carbons (Fsp3) is 0.682. The molecule has 1 fully saturated rings. The maximum atomic E-state index is 13.0. The molecule has 1 aliphatic rings. The Balaban J connectivity index is 2.15. The largest absolute Gasteiger partial charge is 0.299 e. The summed E-state index contributed by atoms with van der Waals surface area (Å²) in [5.41, 5.74) is 5.26. The van der Waals surface area contributed by atoms with Crippen LogP contribution >= 0.6 is 0 Å². The van der Waals surface area contributed by atoms with Crippen LogP contribution in [0.15, 0.2) is 12.1 Å². The molecule has 4 atom stereocenters. The average Bonchev–Trinajstić information content (AvgIpc) is 2.42. The third-order valence-electron chi connectivity index (χ3n) is 6.24. The van der Waals surface area contributed by atoms with Crippen molar-refractivity contribution in [3.05, 3.63) is 34.4 Å².